The normalized spacial score (nSPS) is 12.0. The van der Waals surface area contributed by atoms with E-state index in [1.165, 1.54) is 0 Å². The molecule has 0 spiro atoms. The van der Waals surface area contributed by atoms with Crippen LogP contribution in [0.4, 0.5) is 5.69 Å². The summed E-state index contributed by atoms with van der Waals surface area (Å²) in [7, 11) is 1.55. The highest BCUT2D eigenvalue weighted by molar-refractivity contribution is 5.91. The largest absolute Gasteiger partial charge is 0.451 e. The Labute approximate surface area is 124 Å². The lowest BCUT2D eigenvalue weighted by Crippen LogP contribution is -2.38. The molecule has 1 heterocycles. The van der Waals surface area contributed by atoms with Crippen molar-refractivity contribution in [2.24, 2.45) is 0 Å². The highest BCUT2D eigenvalue weighted by Crippen LogP contribution is 2.12. The molecule has 0 saturated carbocycles. The number of rotatable bonds is 8. The minimum absolute atomic E-state index is 0.138. The number of methoxy groups -OCH3 is 1. The fourth-order valence-electron chi connectivity index (χ4n) is 1.94. The maximum Gasteiger partial charge on any atom is 0.355 e. The number of aromatic nitrogens is 1. The molecule has 0 saturated heterocycles. The first-order valence-electron chi connectivity index (χ1n) is 6.89. The number of nitrogens with one attached hydrogen (secondary N) is 1. The van der Waals surface area contributed by atoms with Crippen LogP contribution in [0.25, 0.3) is 0 Å². The summed E-state index contributed by atoms with van der Waals surface area (Å²) in [5.41, 5.74) is 6.53. The molecule has 0 aliphatic heterocycles. The average molecular weight is 297 g/mol. The summed E-state index contributed by atoms with van der Waals surface area (Å²) in [6.45, 7) is 4.53. The van der Waals surface area contributed by atoms with Crippen LogP contribution in [0.15, 0.2) is 12.3 Å². The van der Waals surface area contributed by atoms with Gasteiger partial charge in [-0.25, -0.2) is 4.79 Å². The summed E-state index contributed by atoms with van der Waals surface area (Å²) in [6.07, 6.45) is 2.55. The number of hydrogen-bond acceptors (Lipinski definition) is 5. The minimum Gasteiger partial charge on any atom is -0.451 e. The van der Waals surface area contributed by atoms with E-state index in [0.717, 1.165) is 6.42 Å². The second-order valence-corrected chi connectivity index (χ2v) is 4.85. The lowest BCUT2D eigenvalue weighted by atomic mass is 10.3. The summed E-state index contributed by atoms with van der Waals surface area (Å²) in [4.78, 5) is 23.6. The van der Waals surface area contributed by atoms with Crippen molar-refractivity contribution in [2.45, 2.75) is 32.9 Å². The van der Waals surface area contributed by atoms with Crippen LogP contribution in [-0.2, 0) is 20.8 Å². The second-order valence-electron chi connectivity index (χ2n) is 4.85. The maximum absolute atomic E-state index is 12.0. The van der Waals surface area contributed by atoms with E-state index in [1.54, 1.807) is 30.9 Å². The zero-order valence-corrected chi connectivity index (χ0v) is 12.7. The van der Waals surface area contributed by atoms with Gasteiger partial charge < -0.3 is 25.1 Å². The summed E-state index contributed by atoms with van der Waals surface area (Å²) < 4.78 is 11.6. The standard InChI is InChI=1S/C14H23N3O4/c1-4-5-17-7-11(15)6-12(17)14(19)21-9-13(18)16-10(2)8-20-3/h6-7,10H,4-5,8-9,15H2,1-3H3,(H,16,18). The van der Waals surface area contributed by atoms with Crippen molar-refractivity contribution in [3.63, 3.8) is 0 Å². The molecule has 0 radical (unpaired) electrons. The zero-order valence-electron chi connectivity index (χ0n) is 12.7. The SMILES string of the molecule is CCCn1cc(N)cc1C(=O)OCC(=O)NC(C)COC. The van der Waals surface area contributed by atoms with E-state index in [-0.39, 0.29) is 18.6 Å². The van der Waals surface area contributed by atoms with Crippen LogP contribution in [-0.4, -0.2) is 42.8 Å². The number of ether oxygens (including phenoxy) is 2. The van der Waals surface area contributed by atoms with Gasteiger partial charge in [0.1, 0.15) is 5.69 Å². The predicted octanol–water partition coefficient (Wildman–Crippen LogP) is 0.788. The van der Waals surface area contributed by atoms with Gasteiger partial charge in [-0.15, -0.1) is 0 Å². The molecule has 21 heavy (non-hydrogen) atoms. The molecule has 118 valence electrons. The third-order valence-corrected chi connectivity index (χ3v) is 2.75. The van der Waals surface area contributed by atoms with Crippen molar-refractivity contribution >= 4 is 17.6 Å². The quantitative estimate of drug-likeness (QED) is 0.692. The fraction of sp³-hybridized carbons (Fsp3) is 0.571. The van der Waals surface area contributed by atoms with Gasteiger partial charge in [0.2, 0.25) is 0 Å². The molecule has 0 aliphatic rings. The first-order chi connectivity index (χ1) is 9.97. The Morgan fingerprint density at radius 2 is 2.19 bits per heavy atom. The Balaban J connectivity index is 2.52. The average Bonchev–Trinajstić information content (AvgIpc) is 2.78. The van der Waals surface area contributed by atoms with Crippen LogP contribution >= 0.6 is 0 Å². The van der Waals surface area contributed by atoms with Crippen LogP contribution in [0.5, 0.6) is 0 Å². The van der Waals surface area contributed by atoms with Crippen LogP contribution in [0.3, 0.4) is 0 Å². The molecule has 3 N–H and O–H groups in total. The van der Waals surface area contributed by atoms with E-state index < -0.39 is 5.97 Å². The number of hydrogen-bond donors (Lipinski definition) is 2. The molecule has 7 nitrogen and oxygen atoms in total. The van der Waals surface area contributed by atoms with Crippen molar-refractivity contribution in [2.75, 3.05) is 26.1 Å². The van der Waals surface area contributed by atoms with Gasteiger partial charge in [-0.05, 0) is 19.4 Å². The number of aryl methyl sites for hydroxylation is 1. The number of nitrogens with two attached hydrogens (primary N) is 1. The Morgan fingerprint density at radius 1 is 1.48 bits per heavy atom. The maximum atomic E-state index is 12.0. The Bertz CT molecular complexity index is 485. The lowest BCUT2D eigenvalue weighted by Gasteiger charge is -2.13. The Kier molecular flexibility index (Phi) is 6.74. The third-order valence-electron chi connectivity index (χ3n) is 2.75. The van der Waals surface area contributed by atoms with E-state index in [2.05, 4.69) is 5.32 Å². The van der Waals surface area contributed by atoms with Crippen LogP contribution in [0.1, 0.15) is 30.8 Å². The molecule has 0 bridgehead atoms. The molecular weight excluding hydrogens is 274 g/mol. The first kappa shape index (κ1) is 17.0. The van der Waals surface area contributed by atoms with E-state index in [1.807, 2.05) is 6.92 Å². The number of esters is 1. The summed E-state index contributed by atoms with van der Waals surface area (Å²) >= 11 is 0. The van der Waals surface area contributed by atoms with Crippen molar-refractivity contribution in [1.29, 1.82) is 0 Å². The molecule has 1 aromatic heterocycles. The molecule has 1 amide bonds. The molecule has 1 aromatic rings. The lowest BCUT2D eigenvalue weighted by molar-refractivity contribution is -0.125. The van der Waals surface area contributed by atoms with Crippen molar-refractivity contribution in [3.05, 3.63) is 18.0 Å². The van der Waals surface area contributed by atoms with E-state index in [4.69, 9.17) is 15.2 Å². The van der Waals surface area contributed by atoms with Crippen LogP contribution < -0.4 is 11.1 Å². The molecule has 0 aliphatic carbocycles. The highest BCUT2D eigenvalue weighted by Gasteiger charge is 2.16. The number of nitrogen functional groups attached to an aromatic ring is 1. The molecule has 7 heteroatoms. The van der Waals surface area contributed by atoms with Gasteiger partial charge in [-0.3, -0.25) is 4.79 Å². The van der Waals surface area contributed by atoms with Crippen LogP contribution in [0.2, 0.25) is 0 Å². The number of anilines is 1. The molecule has 1 rings (SSSR count). The molecule has 0 aromatic carbocycles. The molecule has 0 fully saturated rings. The Hall–Kier alpha value is -2.02. The number of amides is 1. The molecule has 1 unspecified atom stereocenters. The summed E-state index contributed by atoms with van der Waals surface area (Å²) in [6, 6.07) is 1.41. The topological polar surface area (TPSA) is 95.6 Å². The van der Waals surface area contributed by atoms with Crippen molar-refractivity contribution < 1.29 is 19.1 Å². The number of carbonyl (C=O) groups excluding carboxylic acids is 2. The number of nitrogens with zero attached hydrogens (tertiary/aromatic N) is 1. The van der Waals surface area contributed by atoms with Gasteiger partial charge in [-0.1, -0.05) is 6.92 Å². The minimum atomic E-state index is -0.560. The van der Waals surface area contributed by atoms with E-state index in [9.17, 15) is 9.59 Å². The van der Waals surface area contributed by atoms with Gasteiger partial charge in [0.05, 0.1) is 12.3 Å². The molecule has 1 atom stereocenters. The monoisotopic (exact) mass is 297 g/mol. The summed E-state index contributed by atoms with van der Waals surface area (Å²) in [5, 5.41) is 2.66. The first-order valence-corrected chi connectivity index (χ1v) is 6.89. The van der Waals surface area contributed by atoms with E-state index in [0.29, 0.717) is 24.5 Å². The van der Waals surface area contributed by atoms with Gasteiger partial charge in [-0.2, -0.15) is 0 Å². The highest BCUT2D eigenvalue weighted by atomic mass is 16.5. The van der Waals surface area contributed by atoms with Gasteiger partial charge >= 0.3 is 5.97 Å². The van der Waals surface area contributed by atoms with Gasteiger partial charge in [0, 0.05) is 25.9 Å². The van der Waals surface area contributed by atoms with Crippen LogP contribution in [0, 0.1) is 0 Å². The molecular formula is C14H23N3O4. The van der Waals surface area contributed by atoms with Gasteiger partial charge in [0.15, 0.2) is 6.61 Å². The van der Waals surface area contributed by atoms with Crippen molar-refractivity contribution in [1.82, 2.24) is 9.88 Å². The predicted molar refractivity (Wildman–Crippen MR) is 78.9 cm³/mol. The second kappa shape index (κ2) is 8.31. The number of carbonyl (C=O) groups is 2. The third kappa shape index (κ3) is 5.47. The summed E-state index contributed by atoms with van der Waals surface area (Å²) in [5.74, 6) is -0.927. The van der Waals surface area contributed by atoms with Crippen molar-refractivity contribution in [3.8, 4) is 0 Å². The van der Waals surface area contributed by atoms with E-state index >= 15 is 0 Å². The smallest absolute Gasteiger partial charge is 0.355 e. The Morgan fingerprint density at radius 3 is 2.81 bits per heavy atom. The van der Waals surface area contributed by atoms with Gasteiger partial charge in [0.25, 0.3) is 5.91 Å². The fourth-order valence-corrected chi connectivity index (χ4v) is 1.94. The zero-order chi connectivity index (χ0) is 15.8.